The predicted octanol–water partition coefficient (Wildman–Crippen LogP) is 1.67. The molecule has 1 aliphatic heterocycles. The van der Waals surface area contributed by atoms with Gasteiger partial charge in [-0.1, -0.05) is 24.3 Å². The fourth-order valence-electron chi connectivity index (χ4n) is 3.40. The van der Waals surface area contributed by atoms with Gasteiger partial charge in [0.05, 0.1) is 6.54 Å². The van der Waals surface area contributed by atoms with Crippen molar-refractivity contribution in [1.29, 1.82) is 0 Å². The molecule has 0 bridgehead atoms. The van der Waals surface area contributed by atoms with Crippen molar-refractivity contribution in [3.8, 4) is 0 Å². The first kappa shape index (κ1) is 13.0. The van der Waals surface area contributed by atoms with Crippen LogP contribution in [0.15, 0.2) is 30.6 Å². The van der Waals surface area contributed by atoms with Crippen LogP contribution in [-0.4, -0.2) is 32.8 Å². The number of hydrogen-bond donors (Lipinski definition) is 1. The summed E-state index contributed by atoms with van der Waals surface area (Å²) in [5, 5.41) is 8.22. The standard InChI is InChI=1S/C16H21N5/c17-9-15(14-4-2-1-3-13(14)12-5-6-12)20-7-8-21-11-18-19-16(21)10-20/h1-4,11-12,15H,5-10,17H2. The SMILES string of the molecule is NCC(c1ccccc1C1CC1)N1CCn2cnnc2C1. The highest BCUT2D eigenvalue weighted by atomic mass is 15.3. The van der Waals surface area contributed by atoms with Gasteiger partial charge in [-0.05, 0) is 29.9 Å². The Balaban J connectivity index is 1.63. The molecule has 2 N–H and O–H groups in total. The maximum atomic E-state index is 6.14. The van der Waals surface area contributed by atoms with Crippen LogP contribution in [0.1, 0.15) is 41.8 Å². The summed E-state index contributed by atoms with van der Waals surface area (Å²) in [6.45, 7) is 3.44. The molecule has 0 saturated heterocycles. The van der Waals surface area contributed by atoms with E-state index >= 15 is 0 Å². The highest BCUT2D eigenvalue weighted by Crippen LogP contribution is 2.43. The van der Waals surface area contributed by atoms with E-state index in [1.165, 1.54) is 24.0 Å². The summed E-state index contributed by atoms with van der Waals surface area (Å²) in [6, 6.07) is 9.10. The lowest BCUT2D eigenvalue weighted by Crippen LogP contribution is -2.40. The zero-order valence-corrected chi connectivity index (χ0v) is 12.2. The zero-order chi connectivity index (χ0) is 14.2. The van der Waals surface area contributed by atoms with Crippen molar-refractivity contribution in [2.75, 3.05) is 13.1 Å². The van der Waals surface area contributed by atoms with Crippen LogP contribution in [0.2, 0.25) is 0 Å². The summed E-state index contributed by atoms with van der Waals surface area (Å²) >= 11 is 0. The van der Waals surface area contributed by atoms with Gasteiger partial charge >= 0.3 is 0 Å². The van der Waals surface area contributed by atoms with E-state index in [-0.39, 0.29) is 6.04 Å². The summed E-state index contributed by atoms with van der Waals surface area (Å²) in [4.78, 5) is 2.45. The van der Waals surface area contributed by atoms with E-state index in [4.69, 9.17) is 5.73 Å². The lowest BCUT2D eigenvalue weighted by Gasteiger charge is -2.35. The summed E-state index contributed by atoms with van der Waals surface area (Å²) in [6.07, 6.45) is 4.47. The number of rotatable bonds is 4. The Kier molecular flexibility index (Phi) is 3.24. The van der Waals surface area contributed by atoms with Crippen LogP contribution in [0.3, 0.4) is 0 Å². The van der Waals surface area contributed by atoms with Crippen molar-refractivity contribution >= 4 is 0 Å². The van der Waals surface area contributed by atoms with E-state index < -0.39 is 0 Å². The Hall–Kier alpha value is -1.72. The normalized spacial score (nSPS) is 20.2. The van der Waals surface area contributed by atoms with Crippen molar-refractivity contribution in [2.24, 2.45) is 5.73 Å². The second-order valence-corrected chi connectivity index (χ2v) is 6.07. The first-order valence-electron chi connectivity index (χ1n) is 7.76. The van der Waals surface area contributed by atoms with Crippen LogP contribution in [0.4, 0.5) is 0 Å². The third-order valence-electron chi connectivity index (χ3n) is 4.70. The lowest BCUT2D eigenvalue weighted by atomic mass is 9.95. The van der Waals surface area contributed by atoms with Crippen LogP contribution in [0.5, 0.6) is 0 Å². The molecule has 1 aromatic carbocycles. The maximum absolute atomic E-state index is 6.14. The zero-order valence-electron chi connectivity index (χ0n) is 12.2. The Labute approximate surface area is 124 Å². The lowest BCUT2D eigenvalue weighted by molar-refractivity contribution is 0.155. The molecule has 0 spiro atoms. The monoisotopic (exact) mass is 283 g/mol. The molecule has 4 rings (SSSR count). The van der Waals surface area contributed by atoms with Crippen molar-refractivity contribution in [1.82, 2.24) is 19.7 Å². The summed E-state index contributed by atoms with van der Waals surface area (Å²) in [7, 11) is 0. The molecule has 110 valence electrons. The molecule has 21 heavy (non-hydrogen) atoms. The Morgan fingerprint density at radius 1 is 1.24 bits per heavy atom. The topological polar surface area (TPSA) is 60.0 Å². The predicted molar refractivity (Wildman–Crippen MR) is 80.6 cm³/mol. The Morgan fingerprint density at radius 3 is 2.90 bits per heavy atom. The van der Waals surface area contributed by atoms with Gasteiger partial charge in [0.2, 0.25) is 0 Å². The molecule has 0 amide bonds. The molecule has 2 aromatic rings. The first-order valence-corrected chi connectivity index (χ1v) is 7.76. The molecule has 1 saturated carbocycles. The highest BCUT2D eigenvalue weighted by molar-refractivity contribution is 5.36. The van der Waals surface area contributed by atoms with E-state index in [0.717, 1.165) is 31.4 Å². The van der Waals surface area contributed by atoms with Crippen LogP contribution in [0.25, 0.3) is 0 Å². The van der Waals surface area contributed by atoms with Crippen LogP contribution < -0.4 is 5.73 Å². The number of nitrogens with two attached hydrogens (primary N) is 1. The number of aromatic nitrogens is 3. The minimum absolute atomic E-state index is 0.284. The molecule has 0 radical (unpaired) electrons. The van der Waals surface area contributed by atoms with Gasteiger partial charge in [0.15, 0.2) is 0 Å². The van der Waals surface area contributed by atoms with Gasteiger partial charge in [0.1, 0.15) is 12.2 Å². The molecule has 1 aromatic heterocycles. The van der Waals surface area contributed by atoms with Crippen LogP contribution in [-0.2, 0) is 13.1 Å². The van der Waals surface area contributed by atoms with Gasteiger partial charge in [0.25, 0.3) is 0 Å². The second-order valence-electron chi connectivity index (χ2n) is 6.07. The largest absolute Gasteiger partial charge is 0.329 e. The van der Waals surface area contributed by atoms with Crippen molar-refractivity contribution < 1.29 is 0 Å². The number of nitrogens with zero attached hydrogens (tertiary/aromatic N) is 4. The Bertz CT molecular complexity index is 631. The van der Waals surface area contributed by atoms with E-state index in [9.17, 15) is 0 Å². The summed E-state index contributed by atoms with van der Waals surface area (Å²) in [5.74, 6) is 1.80. The fraction of sp³-hybridized carbons (Fsp3) is 0.500. The molecule has 1 unspecified atom stereocenters. The molecule has 1 atom stereocenters. The quantitative estimate of drug-likeness (QED) is 0.927. The molecule has 1 aliphatic carbocycles. The summed E-state index contributed by atoms with van der Waals surface area (Å²) in [5.41, 5.74) is 9.05. The molecule has 2 heterocycles. The van der Waals surface area contributed by atoms with Gasteiger partial charge in [-0.25, -0.2) is 0 Å². The minimum Gasteiger partial charge on any atom is -0.329 e. The average Bonchev–Trinajstić information content (AvgIpc) is 3.26. The van der Waals surface area contributed by atoms with Crippen molar-refractivity contribution in [3.05, 3.63) is 47.5 Å². The third-order valence-corrected chi connectivity index (χ3v) is 4.70. The van der Waals surface area contributed by atoms with Crippen LogP contribution >= 0.6 is 0 Å². The maximum Gasteiger partial charge on any atom is 0.147 e. The molecule has 5 nitrogen and oxygen atoms in total. The van der Waals surface area contributed by atoms with E-state index in [1.807, 2.05) is 6.33 Å². The average molecular weight is 283 g/mol. The first-order chi connectivity index (χ1) is 10.4. The number of benzene rings is 1. The number of fused-ring (bicyclic) bond motifs is 1. The third kappa shape index (κ3) is 2.36. The Morgan fingerprint density at radius 2 is 2.10 bits per heavy atom. The van der Waals surface area contributed by atoms with Gasteiger partial charge < -0.3 is 10.3 Å². The van der Waals surface area contributed by atoms with Gasteiger partial charge in [0, 0.05) is 25.7 Å². The minimum atomic E-state index is 0.284. The highest BCUT2D eigenvalue weighted by Gasteiger charge is 2.31. The second kappa shape index (κ2) is 5.24. The van der Waals surface area contributed by atoms with Crippen LogP contribution in [0, 0.1) is 0 Å². The van der Waals surface area contributed by atoms with Crippen molar-refractivity contribution in [3.63, 3.8) is 0 Å². The summed E-state index contributed by atoms with van der Waals surface area (Å²) < 4.78 is 2.14. The van der Waals surface area contributed by atoms with Gasteiger partial charge in [-0.3, -0.25) is 4.90 Å². The van der Waals surface area contributed by atoms with Gasteiger partial charge in [-0.15, -0.1) is 10.2 Å². The van der Waals surface area contributed by atoms with Crippen molar-refractivity contribution in [2.45, 2.75) is 37.9 Å². The number of hydrogen-bond acceptors (Lipinski definition) is 4. The molecule has 1 fully saturated rings. The molecule has 2 aliphatic rings. The van der Waals surface area contributed by atoms with Gasteiger partial charge in [-0.2, -0.15) is 0 Å². The van der Waals surface area contributed by atoms with E-state index in [0.29, 0.717) is 6.54 Å². The molecular weight excluding hydrogens is 262 g/mol. The van der Waals surface area contributed by atoms with E-state index in [2.05, 4.69) is 43.9 Å². The van der Waals surface area contributed by atoms with E-state index in [1.54, 1.807) is 0 Å². The molecule has 5 heteroatoms. The fourth-order valence-corrected chi connectivity index (χ4v) is 3.40. The molecular formula is C16H21N5. The smallest absolute Gasteiger partial charge is 0.147 e.